The molecule has 12 heteroatoms. The van der Waals surface area contributed by atoms with E-state index >= 15 is 0 Å². The van der Waals surface area contributed by atoms with E-state index in [0.29, 0.717) is 44.5 Å². The predicted octanol–water partition coefficient (Wildman–Crippen LogP) is 13.2. The van der Waals surface area contributed by atoms with E-state index in [1.807, 2.05) is 84.9 Å². The van der Waals surface area contributed by atoms with E-state index < -0.39 is 0 Å². The molecular formula is C60H28N12. The Kier molecular flexibility index (Phi) is 8.54. The molecule has 0 aliphatic carbocycles. The molecule has 14 rings (SSSR count). The highest BCUT2D eigenvalue weighted by Gasteiger charge is 2.28. The number of nitrogens with one attached hydrogen (secondary N) is 2. The van der Waals surface area contributed by atoms with Gasteiger partial charge in [0, 0.05) is 71.4 Å². The molecule has 7 heterocycles. The summed E-state index contributed by atoms with van der Waals surface area (Å²) in [5, 5.41) is 45.6. The fourth-order valence-corrected chi connectivity index (χ4v) is 10.7. The summed E-state index contributed by atoms with van der Waals surface area (Å²) < 4.78 is 0. The van der Waals surface area contributed by atoms with Crippen LogP contribution in [0.2, 0.25) is 0 Å². The maximum Gasteiger partial charge on any atom is 0.177 e. The smallest absolute Gasteiger partial charge is 0.177 e. The third kappa shape index (κ3) is 5.76. The number of hydrogen-bond donors (Lipinski definition) is 2. The van der Waals surface area contributed by atoms with Gasteiger partial charge in [-0.2, -0.15) is 21.0 Å². The number of rotatable bonds is 3. The van der Waals surface area contributed by atoms with Crippen molar-refractivity contribution in [1.82, 2.24) is 39.9 Å². The first-order valence-corrected chi connectivity index (χ1v) is 22.9. The minimum Gasteiger partial charge on any atom is -0.354 e. The molecule has 13 aromatic rings. The summed E-state index contributed by atoms with van der Waals surface area (Å²) in [4.78, 5) is 38.2. The van der Waals surface area contributed by atoms with Crippen LogP contribution in [-0.4, -0.2) is 39.9 Å². The van der Waals surface area contributed by atoms with Gasteiger partial charge in [-0.05, 0) is 69.9 Å². The van der Waals surface area contributed by atoms with Crippen LogP contribution in [0.5, 0.6) is 0 Å². The molecule has 8 bridgehead atoms. The van der Waals surface area contributed by atoms with Crippen LogP contribution in [0.1, 0.15) is 22.8 Å². The third-order valence-corrected chi connectivity index (χ3v) is 13.7. The lowest BCUT2D eigenvalue weighted by atomic mass is 9.94. The van der Waals surface area contributed by atoms with Crippen molar-refractivity contribution >= 4 is 87.5 Å². The Morgan fingerprint density at radius 3 is 1.26 bits per heavy atom. The molecule has 12 nitrogen and oxygen atoms in total. The summed E-state index contributed by atoms with van der Waals surface area (Å²) in [6.07, 6.45) is 0. The molecule has 0 spiro atoms. The molecule has 7 aromatic carbocycles. The number of hydrogen-bond acceptors (Lipinski definition) is 10. The fourth-order valence-electron chi connectivity index (χ4n) is 10.7. The molecule has 0 amide bonds. The second-order valence-corrected chi connectivity index (χ2v) is 17.6. The van der Waals surface area contributed by atoms with Crippen molar-refractivity contribution < 1.29 is 0 Å². The Hall–Kier alpha value is -10.9. The van der Waals surface area contributed by atoms with Gasteiger partial charge in [-0.1, -0.05) is 115 Å². The zero-order valence-electron chi connectivity index (χ0n) is 37.5. The molecule has 72 heavy (non-hydrogen) atoms. The van der Waals surface area contributed by atoms with Crippen LogP contribution in [0.4, 0.5) is 0 Å². The monoisotopic (exact) mass is 916 g/mol. The van der Waals surface area contributed by atoms with Crippen molar-refractivity contribution in [2.75, 3.05) is 0 Å². The first-order chi connectivity index (χ1) is 35.5. The standard InChI is InChI=1S/C60H28N12/c61-27-46-47(28-62)68-44-25-37-36(24-43(44)67-46)56-50(31-12-4-1-5-13-31)39-20-21-41(65-39)52(33-16-8-3-9-17-33)58-38-26-45-59(70-49(30-64)48(29-63)69-45)54-35-19-11-10-18-34(35)53(60(72-58)55(38)54)42-23-22-40(66-42)51(57(37)71-56)32-14-6-2-7-15-32/h1-26,65-66H. The molecule has 0 atom stereocenters. The lowest BCUT2D eigenvalue weighted by molar-refractivity contribution is 1.20. The van der Waals surface area contributed by atoms with Gasteiger partial charge in [0.05, 0.1) is 44.5 Å². The Labute approximate surface area is 407 Å². The first-order valence-electron chi connectivity index (χ1n) is 22.9. The Bertz CT molecular complexity index is 4840. The summed E-state index contributed by atoms with van der Waals surface area (Å²) in [7, 11) is 0. The number of aromatic nitrogens is 8. The van der Waals surface area contributed by atoms with Crippen molar-refractivity contribution in [2.24, 2.45) is 0 Å². The van der Waals surface area contributed by atoms with Gasteiger partial charge in [-0.3, -0.25) is 0 Å². The van der Waals surface area contributed by atoms with Crippen LogP contribution < -0.4 is 0 Å². The Morgan fingerprint density at radius 1 is 0.319 bits per heavy atom. The van der Waals surface area contributed by atoms with E-state index in [1.165, 1.54) is 0 Å². The fraction of sp³-hybridized carbons (Fsp3) is 0. The number of H-pyrrole nitrogens is 2. The quantitative estimate of drug-likeness (QED) is 0.160. The highest BCUT2D eigenvalue weighted by molar-refractivity contribution is 6.39. The molecule has 328 valence electrons. The topological polar surface area (TPSA) is 204 Å². The molecule has 6 aromatic heterocycles. The number of aromatic amines is 2. The molecule has 0 fully saturated rings. The largest absolute Gasteiger partial charge is 0.354 e. The third-order valence-electron chi connectivity index (χ3n) is 13.7. The summed E-state index contributed by atoms with van der Waals surface area (Å²) >= 11 is 0. The number of fused-ring (bicyclic) bond motifs is 18. The summed E-state index contributed by atoms with van der Waals surface area (Å²) in [6.45, 7) is 0. The average molecular weight is 917 g/mol. The van der Waals surface area contributed by atoms with Crippen LogP contribution in [0, 0.1) is 45.3 Å². The van der Waals surface area contributed by atoms with Gasteiger partial charge < -0.3 is 9.97 Å². The summed E-state index contributed by atoms with van der Waals surface area (Å²) in [5.41, 5.74) is 14.2. The van der Waals surface area contributed by atoms with Gasteiger partial charge in [-0.25, -0.2) is 29.9 Å². The maximum absolute atomic E-state index is 10.2. The number of benzene rings is 7. The van der Waals surface area contributed by atoms with E-state index in [4.69, 9.17) is 19.9 Å². The van der Waals surface area contributed by atoms with Crippen LogP contribution >= 0.6 is 0 Å². The van der Waals surface area contributed by atoms with E-state index in [-0.39, 0.29) is 22.8 Å². The molecule has 2 N–H and O–H groups in total. The van der Waals surface area contributed by atoms with Gasteiger partial charge >= 0.3 is 0 Å². The SMILES string of the molecule is N#Cc1nc2cc3c(cc2nc1C#N)-c1nc-3c(-c2ccccc2)c2ccc([nH]2)c(-c2ccccc2)c2nc3c(c4ccc([nH]4)c1-c1ccccc1)c1ccccc1c1c4nc(C#N)c(C#N)nc4cc2c31. The van der Waals surface area contributed by atoms with Crippen LogP contribution in [0.3, 0.4) is 0 Å². The second-order valence-electron chi connectivity index (χ2n) is 17.6. The number of nitrogens with zero attached hydrogens (tertiary/aromatic N) is 10. The minimum absolute atomic E-state index is 0.0484. The highest BCUT2D eigenvalue weighted by Crippen LogP contribution is 2.49. The van der Waals surface area contributed by atoms with Gasteiger partial charge in [0.25, 0.3) is 0 Å². The molecule has 0 unspecified atom stereocenters. The van der Waals surface area contributed by atoms with Crippen LogP contribution in [-0.2, 0) is 0 Å². The average Bonchev–Trinajstić information content (AvgIpc) is 4.26. The molecule has 0 saturated carbocycles. The lowest BCUT2D eigenvalue weighted by Crippen LogP contribution is -1.97. The van der Waals surface area contributed by atoms with Crippen molar-refractivity contribution in [3.63, 3.8) is 0 Å². The van der Waals surface area contributed by atoms with E-state index in [0.717, 1.165) is 98.9 Å². The van der Waals surface area contributed by atoms with Gasteiger partial charge in [-0.15, -0.1) is 0 Å². The molecule has 1 aliphatic rings. The highest BCUT2D eigenvalue weighted by atomic mass is 14.9. The number of nitriles is 4. The van der Waals surface area contributed by atoms with E-state index in [9.17, 15) is 21.0 Å². The second kappa shape index (κ2) is 15.3. The van der Waals surface area contributed by atoms with Crippen LogP contribution in [0.25, 0.3) is 143 Å². The van der Waals surface area contributed by atoms with Crippen molar-refractivity contribution in [3.8, 4) is 80.2 Å². The zero-order valence-corrected chi connectivity index (χ0v) is 37.5. The molecule has 0 saturated heterocycles. The molecule has 1 aliphatic heterocycles. The predicted molar refractivity (Wildman–Crippen MR) is 279 cm³/mol. The van der Waals surface area contributed by atoms with Crippen LogP contribution in [0.15, 0.2) is 158 Å². The van der Waals surface area contributed by atoms with Crippen molar-refractivity contribution in [3.05, 3.63) is 181 Å². The minimum atomic E-state index is -0.0557. The van der Waals surface area contributed by atoms with Crippen molar-refractivity contribution in [1.29, 1.82) is 21.0 Å². The van der Waals surface area contributed by atoms with Crippen molar-refractivity contribution in [2.45, 2.75) is 0 Å². The maximum atomic E-state index is 10.2. The Morgan fingerprint density at radius 2 is 0.736 bits per heavy atom. The van der Waals surface area contributed by atoms with E-state index in [1.54, 1.807) is 0 Å². The van der Waals surface area contributed by atoms with E-state index in [2.05, 4.69) is 117 Å². The molecule has 0 radical (unpaired) electrons. The van der Waals surface area contributed by atoms with Gasteiger partial charge in [0.2, 0.25) is 0 Å². The summed E-state index contributed by atoms with van der Waals surface area (Å²) in [6, 6.07) is 60.9. The lowest BCUT2D eigenvalue weighted by Gasteiger charge is -2.11. The summed E-state index contributed by atoms with van der Waals surface area (Å²) in [5.74, 6) is 0. The first kappa shape index (κ1) is 40.2. The Balaban J connectivity index is 1.28. The zero-order chi connectivity index (χ0) is 48.2. The normalized spacial score (nSPS) is 11.6. The van der Waals surface area contributed by atoms with Gasteiger partial charge in [0.1, 0.15) is 24.3 Å². The molecular weight excluding hydrogens is 889 g/mol. The van der Waals surface area contributed by atoms with Gasteiger partial charge in [0.15, 0.2) is 22.8 Å².